The van der Waals surface area contributed by atoms with Crippen molar-refractivity contribution in [2.75, 3.05) is 0 Å². The number of aromatic nitrogens is 2. The molecule has 0 radical (unpaired) electrons. The van der Waals surface area contributed by atoms with Gasteiger partial charge in [0, 0.05) is 18.7 Å². The van der Waals surface area contributed by atoms with Crippen LogP contribution in [0.2, 0.25) is 0 Å². The SMILES string of the molecule is CC.CCc1nc(C(F)(F)F)cn1C1CCC1. The van der Waals surface area contributed by atoms with Gasteiger partial charge in [0.2, 0.25) is 0 Å². The van der Waals surface area contributed by atoms with Gasteiger partial charge in [0.25, 0.3) is 0 Å². The Morgan fingerprint density at radius 2 is 1.94 bits per heavy atom. The van der Waals surface area contributed by atoms with E-state index >= 15 is 0 Å². The molecule has 17 heavy (non-hydrogen) atoms. The fraction of sp³-hybridized carbons (Fsp3) is 0.750. The predicted octanol–water partition coefficient (Wildman–Crippen LogP) is 4.22. The summed E-state index contributed by atoms with van der Waals surface area (Å²) in [6.45, 7) is 5.83. The van der Waals surface area contributed by atoms with E-state index in [0.29, 0.717) is 12.2 Å². The second-order valence-corrected chi connectivity index (χ2v) is 3.89. The lowest BCUT2D eigenvalue weighted by molar-refractivity contribution is -0.141. The smallest absolute Gasteiger partial charge is 0.331 e. The second-order valence-electron chi connectivity index (χ2n) is 3.89. The molecule has 1 aliphatic rings. The monoisotopic (exact) mass is 248 g/mol. The van der Waals surface area contributed by atoms with E-state index in [9.17, 15) is 13.2 Å². The molecule has 98 valence electrons. The maximum absolute atomic E-state index is 12.4. The molecule has 1 saturated carbocycles. The summed E-state index contributed by atoms with van der Waals surface area (Å²) in [6, 6.07) is 0.239. The van der Waals surface area contributed by atoms with Gasteiger partial charge in [-0.05, 0) is 19.3 Å². The van der Waals surface area contributed by atoms with Crippen molar-refractivity contribution in [2.24, 2.45) is 0 Å². The molecule has 0 aliphatic heterocycles. The minimum absolute atomic E-state index is 0.239. The molecule has 1 aromatic rings. The molecule has 1 fully saturated rings. The van der Waals surface area contributed by atoms with Crippen LogP contribution in [0.15, 0.2) is 6.20 Å². The Hall–Kier alpha value is -1.00. The molecular formula is C12H19F3N2. The maximum Gasteiger partial charge on any atom is 0.434 e. The fourth-order valence-electron chi connectivity index (χ4n) is 1.81. The van der Waals surface area contributed by atoms with Crippen LogP contribution in [0.1, 0.15) is 57.6 Å². The van der Waals surface area contributed by atoms with E-state index in [4.69, 9.17) is 0 Å². The first kappa shape index (κ1) is 14.1. The first-order valence-electron chi connectivity index (χ1n) is 6.17. The summed E-state index contributed by atoms with van der Waals surface area (Å²) in [4.78, 5) is 3.64. The van der Waals surface area contributed by atoms with E-state index in [1.54, 1.807) is 4.57 Å². The van der Waals surface area contributed by atoms with Crippen molar-refractivity contribution in [1.29, 1.82) is 0 Å². The highest BCUT2D eigenvalue weighted by Crippen LogP contribution is 2.35. The first-order chi connectivity index (χ1) is 8.02. The van der Waals surface area contributed by atoms with Gasteiger partial charge in [-0.25, -0.2) is 4.98 Å². The molecule has 1 aliphatic carbocycles. The van der Waals surface area contributed by atoms with Gasteiger partial charge in [-0.2, -0.15) is 13.2 Å². The topological polar surface area (TPSA) is 17.8 Å². The van der Waals surface area contributed by atoms with Crippen molar-refractivity contribution in [2.45, 2.75) is 58.7 Å². The lowest BCUT2D eigenvalue weighted by Gasteiger charge is -2.28. The van der Waals surface area contributed by atoms with E-state index in [-0.39, 0.29) is 6.04 Å². The van der Waals surface area contributed by atoms with E-state index in [2.05, 4.69) is 4.98 Å². The molecule has 0 aromatic carbocycles. The average molecular weight is 248 g/mol. The fourth-order valence-corrected chi connectivity index (χ4v) is 1.81. The highest BCUT2D eigenvalue weighted by molar-refractivity contribution is 5.10. The van der Waals surface area contributed by atoms with Crippen molar-refractivity contribution >= 4 is 0 Å². The number of aryl methyl sites for hydroxylation is 1. The van der Waals surface area contributed by atoms with Crippen molar-refractivity contribution in [3.63, 3.8) is 0 Å². The van der Waals surface area contributed by atoms with Crippen LogP contribution >= 0.6 is 0 Å². The molecule has 0 amide bonds. The van der Waals surface area contributed by atoms with E-state index < -0.39 is 11.9 Å². The van der Waals surface area contributed by atoms with Crippen LogP contribution in [0.3, 0.4) is 0 Å². The zero-order valence-corrected chi connectivity index (χ0v) is 10.5. The molecule has 0 spiro atoms. The predicted molar refractivity (Wildman–Crippen MR) is 60.8 cm³/mol. The minimum Gasteiger partial charge on any atom is -0.331 e. The summed E-state index contributed by atoms with van der Waals surface area (Å²) in [5.74, 6) is 0.548. The normalized spacial score (nSPS) is 16.1. The number of imidazole rings is 1. The molecule has 1 aromatic heterocycles. The lowest BCUT2D eigenvalue weighted by atomic mass is 9.93. The number of halogens is 3. The van der Waals surface area contributed by atoms with Crippen molar-refractivity contribution in [3.8, 4) is 0 Å². The number of hydrogen-bond donors (Lipinski definition) is 0. The van der Waals surface area contributed by atoms with Crippen LogP contribution in [0, 0.1) is 0 Å². The zero-order chi connectivity index (χ0) is 13.1. The Morgan fingerprint density at radius 1 is 1.35 bits per heavy atom. The third-order valence-electron chi connectivity index (χ3n) is 2.88. The molecule has 0 saturated heterocycles. The second kappa shape index (κ2) is 5.56. The first-order valence-corrected chi connectivity index (χ1v) is 6.17. The van der Waals surface area contributed by atoms with Gasteiger partial charge in [-0.3, -0.25) is 0 Å². The molecule has 0 N–H and O–H groups in total. The van der Waals surface area contributed by atoms with Gasteiger partial charge in [0.05, 0.1) is 0 Å². The largest absolute Gasteiger partial charge is 0.434 e. The van der Waals surface area contributed by atoms with E-state index in [0.717, 1.165) is 25.5 Å². The van der Waals surface area contributed by atoms with Gasteiger partial charge in [-0.15, -0.1) is 0 Å². The number of hydrogen-bond acceptors (Lipinski definition) is 1. The summed E-state index contributed by atoms with van der Waals surface area (Å²) in [5.41, 5.74) is -0.758. The molecule has 2 nitrogen and oxygen atoms in total. The standard InChI is InChI=1S/C10H13F3N2.C2H6/c1-2-9-14-8(10(11,12)13)6-15(9)7-4-3-5-7;1-2/h6-7H,2-5H2,1H3;1-2H3. The molecule has 5 heteroatoms. The minimum atomic E-state index is -4.32. The van der Waals surface area contributed by atoms with Crippen LogP contribution in [-0.2, 0) is 12.6 Å². The molecule has 1 heterocycles. The lowest BCUT2D eigenvalue weighted by Crippen LogP contribution is -2.18. The average Bonchev–Trinajstić information content (AvgIpc) is 2.62. The third-order valence-corrected chi connectivity index (χ3v) is 2.88. The molecule has 0 unspecified atom stereocenters. The molecular weight excluding hydrogens is 229 g/mol. The van der Waals surface area contributed by atoms with Gasteiger partial charge in [0.1, 0.15) is 5.82 Å². The van der Waals surface area contributed by atoms with Crippen molar-refractivity contribution < 1.29 is 13.2 Å². The van der Waals surface area contributed by atoms with E-state index in [1.165, 1.54) is 0 Å². The Balaban J connectivity index is 0.000000686. The summed E-state index contributed by atoms with van der Waals surface area (Å²) in [5, 5.41) is 0. The van der Waals surface area contributed by atoms with Gasteiger partial charge in [0.15, 0.2) is 5.69 Å². The van der Waals surface area contributed by atoms with Crippen LogP contribution in [0.5, 0.6) is 0 Å². The summed E-state index contributed by atoms with van der Waals surface area (Å²) >= 11 is 0. The van der Waals surface area contributed by atoms with Crippen LogP contribution in [0.4, 0.5) is 13.2 Å². The van der Waals surface area contributed by atoms with Crippen molar-refractivity contribution in [1.82, 2.24) is 9.55 Å². The Bertz CT molecular complexity index is 351. The molecule has 2 rings (SSSR count). The quantitative estimate of drug-likeness (QED) is 0.766. The van der Waals surface area contributed by atoms with Gasteiger partial charge in [-0.1, -0.05) is 20.8 Å². The summed E-state index contributed by atoms with van der Waals surface area (Å²) in [7, 11) is 0. The Kier molecular flexibility index (Phi) is 4.60. The van der Waals surface area contributed by atoms with Crippen LogP contribution in [-0.4, -0.2) is 9.55 Å². The van der Waals surface area contributed by atoms with Crippen LogP contribution in [0.25, 0.3) is 0 Å². The third kappa shape index (κ3) is 3.01. The zero-order valence-electron chi connectivity index (χ0n) is 10.5. The highest BCUT2D eigenvalue weighted by atomic mass is 19.4. The summed E-state index contributed by atoms with van der Waals surface area (Å²) < 4.78 is 39.0. The number of rotatable bonds is 2. The summed E-state index contributed by atoms with van der Waals surface area (Å²) in [6.07, 6.45) is 0.433. The van der Waals surface area contributed by atoms with Crippen molar-refractivity contribution in [3.05, 3.63) is 17.7 Å². The Morgan fingerprint density at radius 3 is 2.29 bits per heavy atom. The van der Waals surface area contributed by atoms with Gasteiger partial charge >= 0.3 is 6.18 Å². The molecule has 0 atom stereocenters. The van der Waals surface area contributed by atoms with Gasteiger partial charge < -0.3 is 4.57 Å². The Labute approximate surface area is 99.9 Å². The number of alkyl halides is 3. The van der Waals surface area contributed by atoms with Crippen LogP contribution < -0.4 is 0 Å². The van der Waals surface area contributed by atoms with E-state index in [1.807, 2.05) is 20.8 Å². The maximum atomic E-state index is 12.4. The molecule has 0 bridgehead atoms. The number of nitrogens with zero attached hydrogens (tertiary/aromatic N) is 2. The highest BCUT2D eigenvalue weighted by Gasteiger charge is 2.35.